The van der Waals surface area contributed by atoms with Gasteiger partial charge in [0, 0.05) is 6.20 Å². The number of nitrogens with zero attached hydrogens (tertiary/aromatic N) is 1. The summed E-state index contributed by atoms with van der Waals surface area (Å²) in [7, 11) is -1.55. The van der Waals surface area contributed by atoms with Gasteiger partial charge in [0.2, 0.25) is 0 Å². The minimum Gasteiger partial charge on any atom is -0.396 e. The van der Waals surface area contributed by atoms with Gasteiger partial charge in [-0.25, -0.2) is 4.98 Å². The van der Waals surface area contributed by atoms with Gasteiger partial charge in [0.05, 0.1) is 28.8 Å². The Morgan fingerprint density at radius 2 is 2.18 bits per heavy atom. The van der Waals surface area contributed by atoms with E-state index in [1.165, 1.54) is 12.3 Å². The van der Waals surface area contributed by atoms with Crippen LogP contribution in [0.25, 0.3) is 0 Å². The number of hydrogen-bond acceptors (Lipinski definition) is 4. The van der Waals surface area contributed by atoms with E-state index in [2.05, 4.69) is 9.72 Å². The zero-order valence-electron chi connectivity index (χ0n) is 8.74. The maximum absolute atomic E-state index is 11.7. The van der Waals surface area contributed by atoms with Crippen LogP contribution in [0.3, 0.4) is 0 Å². The minimum absolute atomic E-state index is 0.0721. The fourth-order valence-corrected chi connectivity index (χ4v) is 1.98. The molecule has 1 unspecified atom stereocenters. The molecule has 0 radical (unpaired) electrons. The van der Waals surface area contributed by atoms with Crippen molar-refractivity contribution in [2.45, 2.75) is 11.2 Å². The van der Waals surface area contributed by atoms with Gasteiger partial charge in [-0.1, -0.05) is 0 Å². The van der Waals surface area contributed by atoms with Crippen molar-refractivity contribution >= 4 is 16.5 Å². The van der Waals surface area contributed by atoms with Crippen molar-refractivity contribution in [2.75, 3.05) is 24.7 Å². The van der Waals surface area contributed by atoms with E-state index in [-0.39, 0.29) is 23.1 Å². The molecule has 0 aliphatic carbocycles. The van der Waals surface area contributed by atoms with Gasteiger partial charge in [-0.15, -0.1) is 0 Å². The average Bonchev–Trinajstić information content (AvgIpc) is 2.23. The molecular weight excluding hydrogens is 257 g/mol. The number of anilines is 1. The first-order valence-corrected chi connectivity index (χ1v) is 5.95. The smallest absolute Gasteiger partial charge is 0.396 e. The van der Waals surface area contributed by atoms with E-state index in [0.29, 0.717) is 0 Å². The van der Waals surface area contributed by atoms with Crippen molar-refractivity contribution in [2.24, 2.45) is 0 Å². The van der Waals surface area contributed by atoms with Crippen LogP contribution >= 0.6 is 0 Å². The lowest BCUT2D eigenvalue weighted by Gasteiger charge is -2.07. The van der Waals surface area contributed by atoms with Crippen LogP contribution in [0.5, 0.6) is 0 Å². The number of nitrogens with two attached hydrogens (primary N) is 1. The molecule has 0 saturated heterocycles. The predicted octanol–water partition coefficient (Wildman–Crippen LogP) is 1.35. The lowest BCUT2D eigenvalue weighted by Crippen LogP contribution is -2.19. The number of pyridine rings is 1. The maximum atomic E-state index is 11.7. The van der Waals surface area contributed by atoms with Crippen LogP contribution in [0.15, 0.2) is 23.4 Å². The lowest BCUT2D eigenvalue weighted by atomic mass is 10.4. The molecule has 0 fully saturated rings. The highest BCUT2D eigenvalue weighted by molar-refractivity contribution is 7.85. The van der Waals surface area contributed by atoms with E-state index >= 15 is 0 Å². The Morgan fingerprint density at radius 3 is 2.76 bits per heavy atom. The number of alkyl halides is 3. The second-order valence-electron chi connectivity index (χ2n) is 3.12. The Balaban J connectivity index is 2.39. The van der Waals surface area contributed by atoms with Crippen LogP contribution in [-0.2, 0) is 15.5 Å². The highest BCUT2D eigenvalue weighted by Crippen LogP contribution is 2.15. The zero-order valence-corrected chi connectivity index (χ0v) is 9.55. The molecule has 2 N–H and O–H groups in total. The number of ether oxygens (including phenoxy) is 1. The quantitative estimate of drug-likeness (QED) is 0.819. The average molecular weight is 268 g/mol. The Bertz CT molecular complexity index is 398. The third-order valence-electron chi connectivity index (χ3n) is 1.70. The van der Waals surface area contributed by atoms with Crippen LogP contribution in [-0.4, -0.2) is 34.3 Å². The van der Waals surface area contributed by atoms with Gasteiger partial charge in [-0.2, -0.15) is 13.2 Å². The fraction of sp³-hybridized carbons (Fsp3) is 0.444. The van der Waals surface area contributed by atoms with Crippen molar-refractivity contribution in [3.63, 3.8) is 0 Å². The summed E-state index contributed by atoms with van der Waals surface area (Å²) in [5, 5.41) is 0.170. The van der Waals surface area contributed by atoms with Crippen molar-refractivity contribution in [1.29, 1.82) is 0 Å². The molecule has 0 aliphatic heterocycles. The predicted molar refractivity (Wildman–Crippen MR) is 56.8 cm³/mol. The van der Waals surface area contributed by atoms with E-state index in [0.717, 1.165) is 0 Å². The van der Waals surface area contributed by atoms with E-state index in [1.54, 1.807) is 6.07 Å². The normalized spacial score (nSPS) is 13.6. The van der Waals surface area contributed by atoms with Crippen LogP contribution in [0.2, 0.25) is 0 Å². The standard InChI is InChI=1S/C9H11F3N2O2S/c10-9(11,12)6-16-4-5-17(15)8-7(13)2-1-3-14-8/h1-3H,4-6,13H2. The molecule has 0 amide bonds. The minimum atomic E-state index is -4.37. The maximum Gasteiger partial charge on any atom is 0.411 e. The molecule has 1 atom stereocenters. The van der Waals surface area contributed by atoms with Gasteiger partial charge in [-0.05, 0) is 12.1 Å². The molecule has 1 heterocycles. The summed E-state index contributed by atoms with van der Waals surface area (Å²) in [6.45, 7) is -1.61. The van der Waals surface area contributed by atoms with Crippen molar-refractivity contribution in [3.05, 3.63) is 18.3 Å². The molecule has 17 heavy (non-hydrogen) atoms. The summed E-state index contributed by atoms with van der Waals surface area (Å²) in [6, 6.07) is 3.10. The summed E-state index contributed by atoms with van der Waals surface area (Å²) in [6.07, 6.45) is -2.95. The number of halogens is 3. The third-order valence-corrected chi connectivity index (χ3v) is 3.00. The molecule has 1 rings (SSSR count). The molecule has 1 aromatic rings. The SMILES string of the molecule is Nc1cccnc1S(=O)CCOCC(F)(F)F. The van der Waals surface area contributed by atoms with Gasteiger partial charge in [0.25, 0.3) is 0 Å². The summed E-state index contributed by atoms with van der Waals surface area (Å²) in [5.74, 6) is -0.0721. The molecular formula is C9H11F3N2O2S. The van der Waals surface area contributed by atoms with Crippen LogP contribution in [0, 0.1) is 0 Å². The Kier molecular flexibility index (Phi) is 4.88. The molecule has 0 spiro atoms. The van der Waals surface area contributed by atoms with Crippen LogP contribution in [0.4, 0.5) is 18.9 Å². The number of aromatic nitrogens is 1. The van der Waals surface area contributed by atoms with Gasteiger partial charge < -0.3 is 10.5 Å². The van der Waals surface area contributed by atoms with Crippen LogP contribution in [0.1, 0.15) is 0 Å². The number of nitrogen functional groups attached to an aromatic ring is 1. The summed E-state index contributed by atoms with van der Waals surface area (Å²) in [5.41, 5.74) is 5.77. The van der Waals surface area contributed by atoms with Gasteiger partial charge in [0.15, 0.2) is 0 Å². The van der Waals surface area contributed by atoms with Crippen molar-refractivity contribution in [1.82, 2.24) is 4.98 Å². The Morgan fingerprint density at radius 1 is 1.47 bits per heavy atom. The molecule has 0 aromatic carbocycles. The molecule has 4 nitrogen and oxygen atoms in total. The van der Waals surface area contributed by atoms with E-state index in [4.69, 9.17) is 5.73 Å². The second-order valence-corrected chi connectivity index (χ2v) is 4.60. The topological polar surface area (TPSA) is 65.2 Å². The molecule has 8 heteroatoms. The molecule has 0 bridgehead atoms. The Labute approximate surface area is 98.4 Å². The largest absolute Gasteiger partial charge is 0.411 e. The first-order valence-electron chi connectivity index (χ1n) is 4.63. The highest BCUT2D eigenvalue weighted by Gasteiger charge is 2.27. The van der Waals surface area contributed by atoms with Gasteiger partial charge in [-0.3, -0.25) is 4.21 Å². The molecule has 0 saturated carbocycles. The second kappa shape index (κ2) is 5.97. The monoisotopic (exact) mass is 268 g/mol. The summed E-state index contributed by atoms with van der Waals surface area (Å²) >= 11 is 0. The van der Waals surface area contributed by atoms with E-state index < -0.39 is 23.6 Å². The lowest BCUT2D eigenvalue weighted by molar-refractivity contribution is -0.172. The zero-order chi connectivity index (χ0) is 12.9. The highest BCUT2D eigenvalue weighted by atomic mass is 32.2. The molecule has 1 aromatic heterocycles. The Hall–Kier alpha value is -1.15. The van der Waals surface area contributed by atoms with E-state index in [1.807, 2.05) is 0 Å². The molecule has 96 valence electrons. The van der Waals surface area contributed by atoms with E-state index in [9.17, 15) is 17.4 Å². The van der Waals surface area contributed by atoms with Crippen molar-refractivity contribution < 1.29 is 22.1 Å². The molecule has 0 aliphatic rings. The first-order chi connectivity index (χ1) is 7.90. The number of hydrogen-bond donors (Lipinski definition) is 1. The number of rotatable bonds is 5. The van der Waals surface area contributed by atoms with Gasteiger partial charge in [0.1, 0.15) is 11.6 Å². The van der Waals surface area contributed by atoms with Gasteiger partial charge >= 0.3 is 6.18 Å². The fourth-order valence-electron chi connectivity index (χ4n) is 1.01. The van der Waals surface area contributed by atoms with Crippen molar-refractivity contribution in [3.8, 4) is 0 Å². The van der Waals surface area contributed by atoms with Crippen LogP contribution < -0.4 is 5.73 Å². The third kappa shape index (κ3) is 5.14. The summed E-state index contributed by atoms with van der Waals surface area (Å²) in [4.78, 5) is 3.80. The first kappa shape index (κ1) is 13.9. The summed E-state index contributed by atoms with van der Waals surface area (Å²) < 4.78 is 51.1.